The van der Waals surface area contributed by atoms with Gasteiger partial charge in [-0.1, -0.05) is 48.5 Å². The van der Waals surface area contributed by atoms with Gasteiger partial charge in [0.1, 0.15) is 0 Å². The Morgan fingerprint density at radius 2 is 1.69 bits per heavy atom. The number of carbonyl (C=O) groups is 3. The van der Waals surface area contributed by atoms with Crippen LogP contribution in [0.2, 0.25) is 0 Å². The summed E-state index contributed by atoms with van der Waals surface area (Å²) in [6.45, 7) is 0. The van der Waals surface area contributed by atoms with Crippen LogP contribution in [0.15, 0.2) is 59.4 Å². The zero-order valence-electron chi connectivity index (χ0n) is 15.5. The van der Waals surface area contributed by atoms with Crippen LogP contribution in [0.4, 0.5) is 4.79 Å². The van der Waals surface area contributed by atoms with Gasteiger partial charge in [0.2, 0.25) is 6.10 Å². The summed E-state index contributed by atoms with van der Waals surface area (Å²) in [6, 6.07) is 14.3. The van der Waals surface area contributed by atoms with Gasteiger partial charge in [0, 0.05) is 18.0 Å². The summed E-state index contributed by atoms with van der Waals surface area (Å²) in [5.74, 6) is -1.53. The number of nitrogens with zero attached hydrogens (tertiary/aromatic N) is 1. The third-order valence-electron chi connectivity index (χ3n) is 4.14. The molecule has 3 aromatic rings. The Hall–Kier alpha value is -4.01. The smallest absolute Gasteiger partial charge is 0.321 e. The van der Waals surface area contributed by atoms with E-state index in [0.29, 0.717) is 22.0 Å². The summed E-state index contributed by atoms with van der Waals surface area (Å²) in [5, 5.41) is 11.5. The van der Waals surface area contributed by atoms with Crippen LogP contribution >= 0.6 is 0 Å². The second-order valence-corrected chi connectivity index (χ2v) is 6.07. The number of fused-ring (bicyclic) bond motifs is 1. The molecular weight excluding hydrogens is 376 g/mol. The van der Waals surface area contributed by atoms with Gasteiger partial charge < -0.3 is 10.1 Å². The minimum Gasteiger partial charge on any atom is -0.447 e. The molecule has 0 fully saturated rings. The molecule has 1 heterocycles. The van der Waals surface area contributed by atoms with E-state index in [0.717, 1.165) is 0 Å². The topological polar surface area (TPSA) is 130 Å². The molecule has 0 aliphatic rings. The van der Waals surface area contributed by atoms with Crippen LogP contribution in [0.5, 0.6) is 0 Å². The van der Waals surface area contributed by atoms with E-state index in [4.69, 9.17) is 4.74 Å². The third-order valence-corrected chi connectivity index (χ3v) is 4.14. The number of carbonyl (C=O) groups excluding carboxylic acids is 3. The standard InChI is InChI=1S/C20H18N4O5/c1-21-20(28)22-19(27)17(12-7-3-2-4-8-12)29-16(25)11-15-13-9-5-6-10-14(13)18(26)24-23-15/h2-10,17H,11H2,1H3,(H,24,26)(H2,21,22,27,28)/t17-/m0/s1. The maximum absolute atomic E-state index is 12.5. The van der Waals surface area contributed by atoms with Crippen LogP contribution in [-0.4, -0.2) is 35.2 Å². The summed E-state index contributed by atoms with van der Waals surface area (Å²) in [4.78, 5) is 48.4. The van der Waals surface area contributed by atoms with E-state index in [9.17, 15) is 19.2 Å². The lowest BCUT2D eigenvalue weighted by atomic mass is 10.1. The van der Waals surface area contributed by atoms with Crippen molar-refractivity contribution in [2.75, 3.05) is 7.05 Å². The molecule has 3 rings (SSSR count). The van der Waals surface area contributed by atoms with Gasteiger partial charge in [0.05, 0.1) is 17.5 Å². The van der Waals surface area contributed by atoms with Crippen molar-refractivity contribution in [2.45, 2.75) is 12.5 Å². The number of nitrogens with one attached hydrogen (secondary N) is 3. The number of aromatic amines is 1. The monoisotopic (exact) mass is 394 g/mol. The molecule has 148 valence electrons. The van der Waals surface area contributed by atoms with Crippen molar-refractivity contribution in [1.82, 2.24) is 20.8 Å². The largest absolute Gasteiger partial charge is 0.447 e. The molecule has 0 saturated carbocycles. The number of rotatable bonds is 5. The highest BCUT2D eigenvalue weighted by Crippen LogP contribution is 2.20. The van der Waals surface area contributed by atoms with Crippen molar-refractivity contribution in [3.8, 4) is 0 Å². The number of hydrogen-bond donors (Lipinski definition) is 3. The number of amides is 3. The van der Waals surface area contributed by atoms with Gasteiger partial charge in [-0.3, -0.25) is 19.7 Å². The summed E-state index contributed by atoms with van der Waals surface area (Å²) < 4.78 is 5.36. The van der Waals surface area contributed by atoms with Gasteiger partial charge in [-0.15, -0.1) is 0 Å². The van der Waals surface area contributed by atoms with Crippen molar-refractivity contribution >= 4 is 28.7 Å². The van der Waals surface area contributed by atoms with Crippen LogP contribution in [0.25, 0.3) is 10.8 Å². The number of hydrogen-bond acceptors (Lipinski definition) is 6. The second-order valence-electron chi connectivity index (χ2n) is 6.07. The molecule has 0 unspecified atom stereocenters. The van der Waals surface area contributed by atoms with E-state index in [1.165, 1.54) is 7.05 Å². The molecule has 0 spiro atoms. The van der Waals surface area contributed by atoms with Crippen molar-refractivity contribution < 1.29 is 19.1 Å². The summed E-state index contributed by atoms with van der Waals surface area (Å²) in [6.07, 6.45) is -1.59. The Balaban J connectivity index is 1.84. The zero-order valence-corrected chi connectivity index (χ0v) is 15.5. The molecule has 29 heavy (non-hydrogen) atoms. The molecule has 0 bridgehead atoms. The summed E-state index contributed by atoms with van der Waals surface area (Å²) in [5.41, 5.74) is 0.343. The van der Waals surface area contributed by atoms with E-state index < -0.39 is 24.0 Å². The zero-order chi connectivity index (χ0) is 20.8. The van der Waals surface area contributed by atoms with Gasteiger partial charge in [0.15, 0.2) is 0 Å². The lowest BCUT2D eigenvalue weighted by Gasteiger charge is -2.17. The number of H-pyrrole nitrogens is 1. The van der Waals surface area contributed by atoms with E-state index in [-0.39, 0.29) is 12.0 Å². The number of ether oxygens (including phenoxy) is 1. The first kappa shape index (κ1) is 19.7. The molecule has 9 nitrogen and oxygen atoms in total. The normalized spacial score (nSPS) is 11.5. The first-order valence-electron chi connectivity index (χ1n) is 8.73. The molecule has 1 aromatic heterocycles. The number of imide groups is 1. The molecule has 3 N–H and O–H groups in total. The van der Waals surface area contributed by atoms with Crippen molar-refractivity contribution in [3.05, 3.63) is 76.2 Å². The molecule has 1 atom stereocenters. The first-order valence-corrected chi connectivity index (χ1v) is 8.73. The van der Waals surface area contributed by atoms with Crippen LogP contribution < -0.4 is 16.2 Å². The Bertz CT molecular complexity index is 1110. The fourth-order valence-electron chi connectivity index (χ4n) is 2.76. The Labute approximate surface area is 165 Å². The molecule has 0 saturated heterocycles. The van der Waals surface area contributed by atoms with Gasteiger partial charge in [-0.25, -0.2) is 9.89 Å². The van der Waals surface area contributed by atoms with Gasteiger partial charge in [0.25, 0.3) is 11.5 Å². The number of benzene rings is 2. The van der Waals surface area contributed by atoms with Gasteiger partial charge >= 0.3 is 12.0 Å². The minimum absolute atomic E-state index is 0.270. The highest BCUT2D eigenvalue weighted by molar-refractivity contribution is 5.98. The fraction of sp³-hybridized carbons (Fsp3) is 0.150. The maximum Gasteiger partial charge on any atom is 0.321 e. The molecule has 0 radical (unpaired) electrons. The predicted molar refractivity (Wildman–Crippen MR) is 104 cm³/mol. The molecular formula is C20H18N4O5. The predicted octanol–water partition coefficient (Wildman–Crippen LogP) is 1.21. The lowest BCUT2D eigenvalue weighted by molar-refractivity contribution is -0.155. The molecule has 3 amide bonds. The second kappa shape index (κ2) is 8.79. The molecule has 2 aromatic carbocycles. The first-order chi connectivity index (χ1) is 14.0. The fourth-order valence-corrected chi connectivity index (χ4v) is 2.76. The highest BCUT2D eigenvalue weighted by Gasteiger charge is 2.27. The third kappa shape index (κ3) is 4.64. The maximum atomic E-state index is 12.5. The Morgan fingerprint density at radius 1 is 1.03 bits per heavy atom. The Kier molecular flexibility index (Phi) is 5.98. The number of esters is 1. The SMILES string of the molecule is CNC(=O)NC(=O)[C@@H](OC(=O)Cc1n[nH]c(=O)c2ccccc12)c1ccccc1. The highest BCUT2D eigenvalue weighted by atomic mass is 16.5. The van der Waals surface area contributed by atoms with Gasteiger partial charge in [-0.05, 0) is 6.07 Å². The average molecular weight is 394 g/mol. The van der Waals surface area contributed by atoms with Crippen LogP contribution in [0, 0.1) is 0 Å². The average Bonchev–Trinajstić information content (AvgIpc) is 2.74. The van der Waals surface area contributed by atoms with Crippen molar-refractivity contribution in [2.24, 2.45) is 0 Å². The summed E-state index contributed by atoms with van der Waals surface area (Å²) >= 11 is 0. The lowest BCUT2D eigenvalue weighted by Crippen LogP contribution is -2.41. The van der Waals surface area contributed by atoms with Gasteiger partial charge in [-0.2, -0.15) is 5.10 Å². The molecule has 0 aliphatic carbocycles. The van der Waals surface area contributed by atoms with Crippen LogP contribution in [-0.2, 0) is 20.7 Å². The Morgan fingerprint density at radius 3 is 2.38 bits per heavy atom. The molecule has 9 heteroatoms. The van der Waals surface area contributed by atoms with Crippen molar-refractivity contribution in [1.29, 1.82) is 0 Å². The van der Waals surface area contributed by atoms with E-state index in [2.05, 4.69) is 20.8 Å². The van der Waals surface area contributed by atoms with Crippen LogP contribution in [0.1, 0.15) is 17.4 Å². The van der Waals surface area contributed by atoms with E-state index in [1.807, 2.05) is 0 Å². The minimum atomic E-state index is -1.32. The van der Waals surface area contributed by atoms with Crippen LogP contribution in [0.3, 0.4) is 0 Å². The number of urea groups is 1. The van der Waals surface area contributed by atoms with E-state index in [1.54, 1.807) is 54.6 Å². The van der Waals surface area contributed by atoms with Crippen molar-refractivity contribution in [3.63, 3.8) is 0 Å². The summed E-state index contributed by atoms with van der Waals surface area (Å²) in [7, 11) is 1.36. The quantitative estimate of drug-likeness (QED) is 0.558. The molecule has 0 aliphatic heterocycles. The number of aromatic nitrogens is 2. The van der Waals surface area contributed by atoms with E-state index >= 15 is 0 Å².